The molecule has 5 saturated heterocycles. The first-order chi connectivity index (χ1) is 28.3. The lowest BCUT2D eigenvalue weighted by Gasteiger charge is -2.54. The Morgan fingerprint density at radius 2 is 1.71 bits per heavy atom. The number of rotatable bonds is 6. The summed E-state index contributed by atoms with van der Waals surface area (Å²) in [6.07, 6.45) is 4.47. The number of hydrogen-bond donors (Lipinski definition) is 0. The van der Waals surface area contributed by atoms with Crippen LogP contribution in [0.25, 0.3) is 22.0 Å². The van der Waals surface area contributed by atoms with Gasteiger partial charge < -0.3 is 38.1 Å². The fraction of sp³-hybridized carbons (Fsp3) is 0.596. The van der Waals surface area contributed by atoms with Gasteiger partial charge in [0.25, 0.3) is 0 Å². The summed E-state index contributed by atoms with van der Waals surface area (Å²) in [5.41, 5.74) is 8.18. The lowest BCUT2D eigenvalue weighted by atomic mass is 9.54. The highest BCUT2D eigenvalue weighted by Gasteiger charge is 2.76. The molecule has 8 bridgehead atoms. The number of likely N-dealkylation sites (N-methyl/N-ethyl adjacent to an activating group) is 1. The predicted octanol–water partition coefficient (Wildman–Crippen LogP) is 6.25. The first-order valence-corrected chi connectivity index (χ1v) is 21.5. The number of hydrogen-bond acceptors (Lipinski definition) is 10. The van der Waals surface area contributed by atoms with Crippen molar-refractivity contribution in [1.29, 1.82) is 0 Å². The number of piperidine rings is 1. The first-order valence-electron chi connectivity index (χ1n) is 21.5. The number of aromatic nitrogens is 1. The van der Waals surface area contributed by atoms with Gasteiger partial charge in [0.15, 0.2) is 0 Å². The molecule has 1 saturated carbocycles. The zero-order valence-electron chi connectivity index (χ0n) is 36.3. The van der Waals surface area contributed by atoms with Crippen molar-refractivity contribution >= 4 is 34.4 Å². The van der Waals surface area contributed by atoms with Gasteiger partial charge in [0.2, 0.25) is 5.91 Å². The van der Waals surface area contributed by atoms with Crippen molar-refractivity contribution < 1.29 is 38.1 Å². The fourth-order valence-corrected chi connectivity index (χ4v) is 14.3. The smallest absolute Gasteiger partial charge is 0.313 e. The highest BCUT2D eigenvalue weighted by atomic mass is 16.5. The van der Waals surface area contributed by atoms with Crippen LogP contribution in [0.2, 0.25) is 0 Å². The Hall–Kier alpha value is -4.55. The molecule has 0 N–H and O–H groups in total. The van der Waals surface area contributed by atoms with Crippen molar-refractivity contribution in [2.45, 2.75) is 89.1 Å². The van der Waals surface area contributed by atoms with Gasteiger partial charge in [-0.2, -0.15) is 0 Å². The normalized spacial score (nSPS) is 35.2. The Morgan fingerprint density at radius 1 is 0.983 bits per heavy atom. The van der Waals surface area contributed by atoms with Crippen LogP contribution < -0.4 is 14.4 Å². The molecule has 8 aliphatic rings. The molecule has 12 heteroatoms. The molecule has 2 aliphatic carbocycles. The minimum Gasteiger partial charge on any atom is -0.496 e. The number of ether oxygens (including phenoxy) is 5. The molecule has 6 aliphatic heterocycles. The fourth-order valence-electron chi connectivity index (χ4n) is 14.3. The molecule has 6 fully saturated rings. The van der Waals surface area contributed by atoms with Gasteiger partial charge >= 0.3 is 11.9 Å². The predicted molar refractivity (Wildman–Crippen MR) is 223 cm³/mol. The van der Waals surface area contributed by atoms with Crippen LogP contribution in [0.5, 0.6) is 11.5 Å². The third-order valence-corrected chi connectivity index (χ3v) is 16.5. The molecule has 1 spiro atoms. The van der Waals surface area contributed by atoms with Crippen LogP contribution in [0.15, 0.2) is 29.8 Å². The van der Waals surface area contributed by atoms with Crippen molar-refractivity contribution in [3.8, 4) is 22.6 Å². The number of carbonyl (C=O) groups is 3. The van der Waals surface area contributed by atoms with E-state index >= 15 is 0 Å². The second-order valence-corrected chi connectivity index (χ2v) is 18.6. The zero-order valence-corrected chi connectivity index (χ0v) is 36.3. The molecule has 1 amide bonds. The summed E-state index contributed by atoms with van der Waals surface area (Å²) in [5, 5.41) is 0.917. The van der Waals surface area contributed by atoms with Crippen LogP contribution in [-0.2, 0) is 41.1 Å². The van der Waals surface area contributed by atoms with E-state index in [1.165, 1.54) is 19.8 Å². The average Bonchev–Trinajstić information content (AvgIpc) is 3.80. The van der Waals surface area contributed by atoms with Gasteiger partial charge in [-0.15, -0.1) is 0 Å². The van der Waals surface area contributed by atoms with E-state index < -0.39 is 17.0 Å². The number of anilines is 1. The van der Waals surface area contributed by atoms with E-state index in [0.29, 0.717) is 18.0 Å². The maximum atomic E-state index is 14.2. The summed E-state index contributed by atoms with van der Waals surface area (Å²) in [6.45, 7) is 12.5. The second kappa shape index (κ2) is 13.0. The van der Waals surface area contributed by atoms with E-state index in [-0.39, 0.29) is 65.7 Å². The summed E-state index contributed by atoms with van der Waals surface area (Å²) in [7, 11) is 10.6. The van der Waals surface area contributed by atoms with Crippen LogP contribution >= 0.6 is 0 Å². The summed E-state index contributed by atoms with van der Waals surface area (Å²) in [4.78, 5) is 49.5. The minimum absolute atomic E-state index is 0.0239. The van der Waals surface area contributed by atoms with Gasteiger partial charge in [0, 0.05) is 90.9 Å². The van der Waals surface area contributed by atoms with Crippen molar-refractivity contribution in [3.05, 3.63) is 52.2 Å². The van der Waals surface area contributed by atoms with Crippen molar-refractivity contribution in [2.75, 3.05) is 60.0 Å². The van der Waals surface area contributed by atoms with E-state index in [4.69, 9.17) is 23.7 Å². The van der Waals surface area contributed by atoms with Gasteiger partial charge in [-0.3, -0.25) is 19.3 Å². The van der Waals surface area contributed by atoms with Gasteiger partial charge in [0.1, 0.15) is 17.2 Å². The Labute approximate surface area is 346 Å². The SMILES string of the molecule is C/C=C1/CN2CC[C@@]34c5cc(OC)c(-c6cc7c8c(n(C)c7cc6OC)[C@@H]6[C@H]7O[C@@H](C)[C@H](CN6C(=O)C(C)C)[C@H]7[C@H]8C(=O)OC)c(C)c5N(C)[C@@]23CC[C@H]1[C@H]4C(=O)OC. The van der Waals surface area contributed by atoms with E-state index in [2.05, 4.69) is 66.5 Å². The van der Waals surface area contributed by atoms with Gasteiger partial charge in [-0.1, -0.05) is 25.5 Å². The van der Waals surface area contributed by atoms with Crippen LogP contribution in [0.1, 0.15) is 81.3 Å². The molecule has 1 aromatic heterocycles. The number of carbonyl (C=O) groups excluding carboxylic acids is 3. The van der Waals surface area contributed by atoms with Crippen molar-refractivity contribution in [3.63, 3.8) is 0 Å². The summed E-state index contributed by atoms with van der Waals surface area (Å²) < 4.78 is 32.9. The molecule has 12 nitrogen and oxygen atoms in total. The number of amides is 1. The molecule has 11 rings (SSSR count). The number of likely N-dealkylation sites (tertiary alicyclic amines) is 1. The molecule has 0 radical (unpaired) electrons. The number of nitrogens with zero attached hydrogens (tertiary/aromatic N) is 4. The van der Waals surface area contributed by atoms with Gasteiger partial charge in [-0.05, 0) is 74.8 Å². The third-order valence-electron chi connectivity index (χ3n) is 16.5. The van der Waals surface area contributed by atoms with Gasteiger partial charge in [0.05, 0.1) is 64.0 Å². The summed E-state index contributed by atoms with van der Waals surface area (Å²) >= 11 is 0. The van der Waals surface area contributed by atoms with Gasteiger partial charge in [-0.25, -0.2) is 0 Å². The zero-order chi connectivity index (χ0) is 41.8. The molecule has 1 unspecified atom stereocenters. The van der Waals surface area contributed by atoms with E-state index in [1.54, 1.807) is 14.2 Å². The highest BCUT2D eigenvalue weighted by molar-refractivity contribution is 6.00. The standard InChI is InChI=1S/C47H58N4O8/c1-12-25-20-50-16-15-46-30-18-33(56-9)34(23(4)39(30)49(7)47(46,50)14-13-26(25)38(46)45(54)58-11)28-17-27-31(19-32(28)55-8)48(6)40-35(27)37(44(53)57-10)36-29-21-51(43(52)22(2)3)41(40)42(36)59-24(29)5/h12,17-19,22,24,26,29,36-38,41-42H,13-16,20-21H2,1-11H3/b25-12-/t24-,26+,29-,36-,37-,38-,41+,42-,46-,47-/m0/s1. The molecular formula is C47H58N4O8. The largest absolute Gasteiger partial charge is 0.496 e. The number of fused-ring (bicyclic) bond motifs is 7. The Kier molecular flexibility index (Phi) is 8.50. The maximum Gasteiger partial charge on any atom is 0.313 e. The van der Waals surface area contributed by atoms with E-state index in [1.807, 2.05) is 25.8 Å². The van der Waals surface area contributed by atoms with Crippen molar-refractivity contribution in [2.24, 2.45) is 36.6 Å². The van der Waals surface area contributed by atoms with Crippen LogP contribution in [0, 0.1) is 36.5 Å². The summed E-state index contributed by atoms with van der Waals surface area (Å²) in [5.74, 6) is -0.164. The second-order valence-electron chi connectivity index (χ2n) is 18.6. The molecule has 2 aromatic carbocycles. The number of aryl methyl sites for hydroxylation is 1. The lowest BCUT2D eigenvalue weighted by Crippen LogP contribution is -2.66. The third kappa shape index (κ3) is 4.44. The minimum atomic E-state index is -0.580. The molecule has 11 atom stereocenters. The lowest BCUT2D eigenvalue weighted by molar-refractivity contribution is -0.154. The van der Waals surface area contributed by atoms with Crippen LogP contribution in [0.4, 0.5) is 5.69 Å². The highest BCUT2D eigenvalue weighted by Crippen LogP contribution is 2.71. The number of benzene rings is 2. The Balaban J connectivity index is 1.23. The molecule has 314 valence electrons. The quantitative estimate of drug-likeness (QED) is 0.210. The van der Waals surface area contributed by atoms with Crippen molar-refractivity contribution in [1.82, 2.24) is 14.4 Å². The average molecular weight is 807 g/mol. The maximum absolute atomic E-state index is 14.2. The Morgan fingerprint density at radius 3 is 2.37 bits per heavy atom. The first kappa shape index (κ1) is 38.6. The molecule has 59 heavy (non-hydrogen) atoms. The summed E-state index contributed by atoms with van der Waals surface area (Å²) in [6, 6.07) is 6.08. The number of allylic oxidation sites excluding steroid dienone is 1. The number of esters is 2. The van der Waals surface area contributed by atoms with Crippen LogP contribution in [-0.4, -0.2) is 105 Å². The number of methoxy groups -OCH3 is 4. The molecule has 3 aromatic rings. The Bertz CT molecular complexity index is 2380. The van der Waals surface area contributed by atoms with Crippen LogP contribution in [0.3, 0.4) is 0 Å². The monoisotopic (exact) mass is 806 g/mol. The van der Waals surface area contributed by atoms with E-state index in [0.717, 1.165) is 82.5 Å². The topological polar surface area (TPSA) is 112 Å². The molecule has 7 heterocycles. The van der Waals surface area contributed by atoms with E-state index in [9.17, 15) is 14.4 Å². The molecular weight excluding hydrogens is 749 g/mol.